The van der Waals surface area contributed by atoms with Gasteiger partial charge in [-0.3, -0.25) is 14.6 Å². The first-order valence-corrected chi connectivity index (χ1v) is 6.80. The zero-order chi connectivity index (χ0) is 15.9. The third kappa shape index (κ3) is 4.39. The number of benzene rings is 1. The van der Waals surface area contributed by atoms with Crippen molar-refractivity contribution in [1.29, 1.82) is 0 Å². The second kappa shape index (κ2) is 7.33. The van der Waals surface area contributed by atoms with Gasteiger partial charge in [-0.15, -0.1) is 0 Å². The van der Waals surface area contributed by atoms with E-state index in [2.05, 4.69) is 10.3 Å². The molecule has 1 amide bonds. The molecule has 0 aliphatic carbocycles. The number of nitrogens with one attached hydrogen (secondary N) is 1. The van der Waals surface area contributed by atoms with Crippen LogP contribution < -0.4 is 11.1 Å². The van der Waals surface area contributed by atoms with Crippen molar-refractivity contribution >= 4 is 11.9 Å². The molecule has 1 atom stereocenters. The van der Waals surface area contributed by atoms with Gasteiger partial charge in [-0.25, -0.2) is 0 Å². The molecule has 0 aliphatic heterocycles. The molecule has 4 N–H and O–H groups in total. The minimum Gasteiger partial charge on any atom is -0.480 e. The van der Waals surface area contributed by atoms with E-state index < -0.39 is 12.0 Å². The summed E-state index contributed by atoms with van der Waals surface area (Å²) in [6.45, 7) is 0.424. The number of carbonyl (C=O) groups is 2. The van der Waals surface area contributed by atoms with Crippen LogP contribution in [-0.2, 0) is 17.8 Å². The Morgan fingerprint density at radius 1 is 1.09 bits per heavy atom. The summed E-state index contributed by atoms with van der Waals surface area (Å²) in [4.78, 5) is 26.6. The van der Waals surface area contributed by atoms with Crippen LogP contribution in [0.3, 0.4) is 0 Å². The van der Waals surface area contributed by atoms with Crippen molar-refractivity contribution in [3.63, 3.8) is 0 Å². The van der Waals surface area contributed by atoms with Crippen molar-refractivity contribution < 1.29 is 14.7 Å². The number of rotatable bonds is 6. The predicted molar refractivity (Wildman–Crippen MR) is 81.2 cm³/mol. The summed E-state index contributed by atoms with van der Waals surface area (Å²) in [5.74, 6) is -1.23. The van der Waals surface area contributed by atoms with Gasteiger partial charge in [-0.2, -0.15) is 0 Å². The van der Waals surface area contributed by atoms with Crippen LogP contribution in [0.2, 0.25) is 0 Å². The smallest absolute Gasteiger partial charge is 0.320 e. The zero-order valence-corrected chi connectivity index (χ0v) is 11.9. The van der Waals surface area contributed by atoms with Crippen LogP contribution in [0.15, 0.2) is 48.8 Å². The summed E-state index contributed by atoms with van der Waals surface area (Å²) in [5.41, 5.74) is 7.73. The van der Waals surface area contributed by atoms with E-state index in [1.807, 2.05) is 12.1 Å². The van der Waals surface area contributed by atoms with Gasteiger partial charge in [0.15, 0.2) is 0 Å². The highest BCUT2D eigenvalue weighted by molar-refractivity contribution is 5.94. The van der Waals surface area contributed by atoms with E-state index in [-0.39, 0.29) is 12.3 Å². The molecule has 1 aromatic carbocycles. The predicted octanol–water partition coefficient (Wildman–Crippen LogP) is 0.966. The molecular weight excluding hydrogens is 282 g/mol. The second-order valence-corrected chi connectivity index (χ2v) is 4.88. The van der Waals surface area contributed by atoms with Gasteiger partial charge in [0.1, 0.15) is 6.04 Å². The minimum atomic E-state index is -1.04. The number of hydrogen-bond donors (Lipinski definition) is 3. The van der Waals surface area contributed by atoms with E-state index in [0.29, 0.717) is 12.1 Å². The number of pyridine rings is 1. The standard InChI is InChI=1S/C16H17N3O3/c17-14(16(21)22)9-11-1-3-13(4-2-11)15(20)19-10-12-5-7-18-8-6-12/h1-8,14H,9-10,17H2,(H,19,20)(H,21,22)/t14-/m0/s1. The number of carboxylic acid groups (broad SMARTS) is 1. The average Bonchev–Trinajstić information content (AvgIpc) is 2.54. The minimum absolute atomic E-state index is 0.189. The molecule has 0 saturated heterocycles. The maximum atomic E-state index is 12.0. The Morgan fingerprint density at radius 3 is 2.32 bits per heavy atom. The molecule has 0 radical (unpaired) electrons. The highest BCUT2D eigenvalue weighted by Crippen LogP contribution is 2.07. The van der Waals surface area contributed by atoms with Crippen molar-refractivity contribution in [3.8, 4) is 0 Å². The van der Waals surface area contributed by atoms with Crippen molar-refractivity contribution in [2.45, 2.75) is 19.0 Å². The lowest BCUT2D eigenvalue weighted by molar-refractivity contribution is -0.138. The van der Waals surface area contributed by atoms with Crippen LogP contribution in [-0.4, -0.2) is 28.0 Å². The lowest BCUT2D eigenvalue weighted by Gasteiger charge is -2.08. The van der Waals surface area contributed by atoms with E-state index in [1.165, 1.54) is 0 Å². The summed E-state index contributed by atoms with van der Waals surface area (Å²) in [5, 5.41) is 11.6. The Labute approximate surface area is 128 Å². The Morgan fingerprint density at radius 2 is 1.73 bits per heavy atom. The van der Waals surface area contributed by atoms with Crippen LogP contribution in [0.25, 0.3) is 0 Å². The number of aliphatic carboxylic acids is 1. The molecule has 0 unspecified atom stereocenters. The SMILES string of the molecule is N[C@@H](Cc1ccc(C(=O)NCc2ccncc2)cc1)C(=O)O. The molecule has 0 saturated carbocycles. The molecule has 1 heterocycles. The normalized spacial score (nSPS) is 11.7. The van der Waals surface area contributed by atoms with Gasteiger partial charge in [-0.1, -0.05) is 12.1 Å². The number of nitrogens with two attached hydrogens (primary N) is 1. The number of nitrogens with zero attached hydrogens (tertiary/aromatic N) is 1. The Balaban J connectivity index is 1.92. The van der Waals surface area contributed by atoms with Gasteiger partial charge < -0.3 is 16.2 Å². The van der Waals surface area contributed by atoms with E-state index in [0.717, 1.165) is 11.1 Å². The fraction of sp³-hybridized carbons (Fsp3) is 0.188. The van der Waals surface area contributed by atoms with Gasteiger partial charge in [0.2, 0.25) is 0 Å². The number of carbonyl (C=O) groups excluding carboxylic acids is 1. The summed E-state index contributed by atoms with van der Waals surface area (Å²) in [7, 11) is 0. The van der Waals surface area contributed by atoms with Gasteiger partial charge in [0, 0.05) is 24.5 Å². The highest BCUT2D eigenvalue weighted by Gasteiger charge is 2.12. The maximum Gasteiger partial charge on any atom is 0.320 e. The Bertz CT molecular complexity index is 641. The zero-order valence-electron chi connectivity index (χ0n) is 11.9. The molecular formula is C16H17N3O3. The number of amides is 1. The molecule has 0 spiro atoms. The number of aromatic nitrogens is 1. The first kappa shape index (κ1) is 15.7. The Hall–Kier alpha value is -2.73. The van der Waals surface area contributed by atoms with Crippen LogP contribution >= 0.6 is 0 Å². The summed E-state index contributed by atoms with van der Waals surface area (Å²) >= 11 is 0. The fourth-order valence-electron chi connectivity index (χ4n) is 1.92. The number of hydrogen-bond acceptors (Lipinski definition) is 4. The summed E-state index contributed by atoms with van der Waals surface area (Å²) in [6, 6.07) is 9.46. The molecule has 0 bridgehead atoms. The van der Waals surface area contributed by atoms with Crippen LogP contribution in [0, 0.1) is 0 Å². The summed E-state index contributed by atoms with van der Waals surface area (Å²) in [6.07, 6.45) is 3.57. The van der Waals surface area contributed by atoms with Gasteiger partial charge >= 0.3 is 5.97 Å². The van der Waals surface area contributed by atoms with Crippen molar-refractivity contribution in [2.75, 3.05) is 0 Å². The van der Waals surface area contributed by atoms with E-state index in [4.69, 9.17) is 10.8 Å². The van der Waals surface area contributed by atoms with E-state index in [9.17, 15) is 9.59 Å². The molecule has 114 valence electrons. The van der Waals surface area contributed by atoms with Crippen LogP contribution in [0.4, 0.5) is 0 Å². The van der Waals surface area contributed by atoms with Crippen LogP contribution in [0.1, 0.15) is 21.5 Å². The first-order chi connectivity index (χ1) is 10.6. The lowest BCUT2D eigenvalue weighted by Crippen LogP contribution is -2.32. The molecule has 6 heteroatoms. The Kier molecular flexibility index (Phi) is 5.21. The maximum absolute atomic E-state index is 12.0. The van der Waals surface area contributed by atoms with Gasteiger partial charge in [0.05, 0.1) is 0 Å². The third-order valence-corrected chi connectivity index (χ3v) is 3.19. The molecule has 2 rings (SSSR count). The van der Waals surface area contributed by atoms with Crippen LogP contribution in [0.5, 0.6) is 0 Å². The van der Waals surface area contributed by atoms with Gasteiger partial charge in [0.25, 0.3) is 5.91 Å². The fourth-order valence-corrected chi connectivity index (χ4v) is 1.92. The van der Waals surface area contributed by atoms with Gasteiger partial charge in [-0.05, 0) is 41.8 Å². The van der Waals surface area contributed by atoms with Crippen molar-refractivity contribution in [2.24, 2.45) is 5.73 Å². The van der Waals surface area contributed by atoms with E-state index >= 15 is 0 Å². The van der Waals surface area contributed by atoms with Crippen molar-refractivity contribution in [3.05, 3.63) is 65.5 Å². The highest BCUT2D eigenvalue weighted by atomic mass is 16.4. The molecule has 1 aromatic heterocycles. The second-order valence-electron chi connectivity index (χ2n) is 4.88. The molecule has 2 aromatic rings. The molecule has 0 fully saturated rings. The first-order valence-electron chi connectivity index (χ1n) is 6.80. The van der Waals surface area contributed by atoms with Crippen molar-refractivity contribution in [1.82, 2.24) is 10.3 Å². The monoisotopic (exact) mass is 299 g/mol. The largest absolute Gasteiger partial charge is 0.480 e. The molecule has 0 aliphatic rings. The molecule has 6 nitrogen and oxygen atoms in total. The lowest BCUT2D eigenvalue weighted by atomic mass is 10.0. The quantitative estimate of drug-likeness (QED) is 0.737. The third-order valence-electron chi connectivity index (χ3n) is 3.19. The molecule has 22 heavy (non-hydrogen) atoms. The summed E-state index contributed by atoms with van der Waals surface area (Å²) < 4.78 is 0. The number of carboxylic acids is 1. The topological polar surface area (TPSA) is 105 Å². The van der Waals surface area contributed by atoms with E-state index in [1.54, 1.807) is 36.7 Å². The average molecular weight is 299 g/mol.